The van der Waals surface area contributed by atoms with Gasteiger partial charge in [-0.3, -0.25) is 4.79 Å². The summed E-state index contributed by atoms with van der Waals surface area (Å²) in [6, 6.07) is 7.83. The van der Waals surface area contributed by atoms with Crippen molar-refractivity contribution in [3.05, 3.63) is 34.3 Å². The van der Waals surface area contributed by atoms with Crippen LogP contribution in [0.3, 0.4) is 0 Å². The summed E-state index contributed by atoms with van der Waals surface area (Å²) in [6.07, 6.45) is 2.64. The van der Waals surface area contributed by atoms with Crippen LogP contribution in [-0.2, 0) is 11.2 Å². The Bertz CT molecular complexity index is 368. The second-order valence-electron chi connectivity index (χ2n) is 4.00. The number of carbonyl (C=O) groups is 1. The zero-order valence-corrected chi connectivity index (χ0v) is 13.1. The van der Waals surface area contributed by atoms with Gasteiger partial charge in [-0.15, -0.1) is 0 Å². The number of benzene rings is 1. The van der Waals surface area contributed by atoms with E-state index in [0.717, 1.165) is 22.9 Å². The zero-order chi connectivity index (χ0) is 12.7. The predicted octanol–water partition coefficient (Wildman–Crippen LogP) is 3.67. The van der Waals surface area contributed by atoms with E-state index in [9.17, 15) is 4.79 Å². The molecule has 0 fully saturated rings. The molecular weight excluding hydrogens is 346 g/mol. The summed E-state index contributed by atoms with van der Waals surface area (Å²) >= 11 is 6.94. The molecule has 0 spiro atoms. The highest BCUT2D eigenvalue weighted by molar-refractivity contribution is 9.10. The van der Waals surface area contributed by atoms with E-state index in [4.69, 9.17) is 0 Å². The van der Waals surface area contributed by atoms with Gasteiger partial charge in [0.15, 0.2) is 0 Å². The maximum atomic E-state index is 11.7. The number of rotatable bonds is 6. The van der Waals surface area contributed by atoms with Crippen LogP contribution in [0.1, 0.15) is 25.3 Å². The molecule has 0 aromatic heterocycles. The van der Waals surface area contributed by atoms with E-state index in [0.29, 0.717) is 17.8 Å². The maximum Gasteiger partial charge on any atom is 0.224 e. The van der Waals surface area contributed by atoms with Crippen LogP contribution >= 0.6 is 31.9 Å². The number of hydrogen-bond donors (Lipinski definition) is 1. The first-order valence-corrected chi connectivity index (χ1v) is 7.48. The number of hydrogen-bond acceptors (Lipinski definition) is 1. The summed E-state index contributed by atoms with van der Waals surface area (Å²) in [5.41, 5.74) is 1.03. The minimum absolute atomic E-state index is 0.0728. The minimum Gasteiger partial charge on any atom is -0.355 e. The minimum atomic E-state index is 0.0728. The van der Waals surface area contributed by atoms with Gasteiger partial charge in [-0.2, -0.15) is 0 Å². The van der Waals surface area contributed by atoms with Gasteiger partial charge in [-0.05, 0) is 24.1 Å². The Balaban J connectivity index is 2.34. The molecule has 1 aromatic carbocycles. The third-order valence-corrected chi connectivity index (χ3v) is 3.65. The van der Waals surface area contributed by atoms with Crippen molar-refractivity contribution in [2.45, 2.75) is 31.0 Å². The van der Waals surface area contributed by atoms with Gasteiger partial charge in [0.2, 0.25) is 5.91 Å². The second-order valence-corrected chi connectivity index (χ2v) is 6.21. The lowest BCUT2D eigenvalue weighted by molar-refractivity contribution is -0.120. The Morgan fingerprint density at radius 2 is 2.24 bits per heavy atom. The Morgan fingerprint density at radius 3 is 2.88 bits per heavy atom. The van der Waals surface area contributed by atoms with Crippen molar-refractivity contribution in [2.24, 2.45) is 0 Å². The number of halogens is 2. The third-order valence-electron chi connectivity index (χ3n) is 2.38. The van der Waals surface area contributed by atoms with E-state index >= 15 is 0 Å². The van der Waals surface area contributed by atoms with E-state index < -0.39 is 0 Å². The number of alkyl halides is 1. The molecule has 2 nitrogen and oxygen atoms in total. The molecule has 17 heavy (non-hydrogen) atoms. The summed E-state index contributed by atoms with van der Waals surface area (Å²) in [4.78, 5) is 12.1. The Hall–Kier alpha value is -0.350. The third kappa shape index (κ3) is 6.22. The predicted molar refractivity (Wildman–Crippen MR) is 78.5 cm³/mol. The molecule has 0 heterocycles. The fraction of sp³-hybridized carbons (Fsp3) is 0.462. The van der Waals surface area contributed by atoms with Crippen molar-refractivity contribution in [2.75, 3.05) is 6.54 Å². The van der Waals surface area contributed by atoms with Crippen molar-refractivity contribution in [3.63, 3.8) is 0 Å². The molecule has 94 valence electrons. The van der Waals surface area contributed by atoms with Gasteiger partial charge in [0.1, 0.15) is 0 Å². The molecule has 1 unspecified atom stereocenters. The highest BCUT2D eigenvalue weighted by Gasteiger charge is 2.07. The Kier molecular flexibility index (Phi) is 6.82. The summed E-state index contributed by atoms with van der Waals surface area (Å²) in [5.74, 6) is 0.0728. The van der Waals surface area contributed by atoms with Crippen molar-refractivity contribution in [1.29, 1.82) is 0 Å². The molecule has 0 aliphatic carbocycles. The molecule has 1 atom stereocenters. The molecule has 1 N–H and O–H groups in total. The fourth-order valence-electron chi connectivity index (χ4n) is 1.53. The molecule has 0 bridgehead atoms. The summed E-state index contributed by atoms with van der Waals surface area (Å²) in [5, 5.41) is 2.93. The van der Waals surface area contributed by atoms with Crippen molar-refractivity contribution in [1.82, 2.24) is 5.32 Å². The molecule has 4 heteroatoms. The van der Waals surface area contributed by atoms with Crippen LogP contribution in [0, 0.1) is 0 Å². The second kappa shape index (κ2) is 7.88. The van der Waals surface area contributed by atoms with Gasteiger partial charge in [0.05, 0.1) is 6.42 Å². The van der Waals surface area contributed by atoms with Gasteiger partial charge in [0, 0.05) is 15.8 Å². The fourth-order valence-corrected chi connectivity index (χ4v) is 2.60. The van der Waals surface area contributed by atoms with Crippen LogP contribution in [-0.4, -0.2) is 17.3 Å². The summed E-state index contributed by atoms with van der Waals surface area (Å²) in [7, 11) is 0. The molecule has 1 amide bonds. The molecule has 0 saturated carbocycles. The zero-order valence-electron chi connectivity index (χ0n) is 9.88. The van der Waals surface area contributed by atoms with Crippen LogP contribution < -0.4 is 5.32 Å². The van der Waals surface area contributed by atoms with E-state index in [1.54, 1.807) is 0 Å². The molecule has 1 aromatic rings. The first-order valence-electron chi connectivity index (χ1n) is 5.77. The lowest BCUT2D eigenvalue weighted by Crippen LogP contribution is -2.30. The molecule has 0 aliphatic rings. The van der Waals surface area contributed by atoms with Crippen LogP contribution in [0.5, 0.6) is 0 Å². The van der Waals surface area contributed by atoms with Gasteiger partial charge in [-0.25, -0.2) is 0 Å². The smallest absolute Gasteiger partial charge is 0.224 e. The molecular formula is C13H17Br2NO. The standard InChI is InChI=1S/C13H17Br2NO/c1-2-4-12(15)9-16-13(17)8-10-5-3-6-11(14)7-10/h3,5-7,12H,2,4,8-9H2,1H3,(H,16,17). The lowest BCUT2D eigenvalue weighted by atomic mass is 10.1. The van der Waals surface area contributed by atoms with Gasteiger partial charge < -0.3 is 5.32 Å². The van der Waals surface area contributed by atoms with E-state index in [2.05, 4.69) is 44.1 Å². The van der Waals surface area contributed by atoms with Gasteiger partial charge in [-0.1, -0.05) is 57.3 Å². The highest BCUT2D eigenvalue weighted by atomic mass is 79.9. The average molecular weight is 363 g/mol. The average Bonchev–Trinajstić information content (AvgIpc) is 2.27. The first-order chi connectivity index (χ1) is 8.11. The largest absolute Gasteiger partial charge is 0.355 e. The van der Waals surface area contributed by atoms with Gasteiger partial charge >= 0.3 is 0 Å². The summed E-state index contributed by atoms with van der Waals surface area (Å²) in [6.45, 7) is 2.83. The number of nitrogens with one attached hydrogen (secondary N) is 1. The Labute approximate surface area is 119 Å². The number of amides is 1. The first kappa shape index (κ1) is 14.7. The van der Waals surface area contributed by atoms with Crippen molar-refractivity contribution in [3.8, 4) is 0 Å². The number of carbonyl (C=O) groups excluding carboxylic acids is 1. The van der Waals surface area contributed by atoms with Crippen LogP contribution in [0.25, 0.3) is 0 Å². The monoisotopic (exact) mass is 361 g/mol. The lowest BCUT2D eigenvalue weighted by Gasteiger charge is -2.10. The summed E-state index contributed by atoms with van der Waals surface area (Å²) < 4.78 is 1.01. The van der Waals surface area contributed by atoms with E-state index in [1.807, 2.05) is 24.3 Å². The van der Waals surface area contributed by atoms with Crippen LogP contribution in [0.15, 0.2) is 28.7 Å². The molecule has 0 aliphatic heterocycles. The SMILES string of the molecule is CCCC(Br)CNC(=O)Cc1cccc(Br)c1. The topological polar surface area (TPSA) is 29.1 Å². The molecule has 0 radical (unpaired) electrons. The van der Waals surface area contributed by atoms with Gasteiger partial charge in [0.25, 0.3) is 0 Å². The van der Waals surface area contributed by atoms with Crippen molar-refractivity contribution < 1.29 is 4.79 Å². The maximum absolute atomic E-state index is 11.7. The van der Waals surface area contributed by atoms with Crippen LogP contribution in [0.4, 0.5) is 0 Å². The highest BCUT2D eigenvalue weighted by Crippen LogP contribution is 2.12. The van der Waals surface area contributed by atoms with Crippen molar-refractivity contribution >= 4 is 37.8 Å². The molecule has 1 rings (SSSR count). The van der Waals surface area contributed by atoms with Crippen LogP contribution in [0.2, 0.25) is 0 Å². The van der Waals surface area contributed by atoms with E-state index in [-0.39, 0.29) is 5.91 Å². The quantitative estimate of drug-likeness (QED) is 0.768. The van der Waals surface area contributed by atoms with E-state index in [1.165, 1.54) is 0 Å². The Morgan fingerprint density at radius 1 is 1.47 bits per heavy atom. The molecule has 0 saturated heterocycles. The normalized spacial score (nSPS) is 12.2.